The van der Waals surface area contributed by atoms with Crippen molar-refractivity contribution in [2.45, 2.75) is 13.8 Å². The number of aryl methyl sites for hydroxylation is 1. The summed E-state index contributed by atoms with van der Waals surface area (Å²) in [6, 6.07) is 4.55. The molecular formula is C16H14ClFN4O. The quantitative estimate of drug-likeness (QED) is 0.801. The Labute approximate surface area is 137 Å². The summed E-state index contributed by atoms with van der Waals surface area (Å²) >= 11 is 5.83. The lowest BCUT2D eigenvalue weighted by atomic mass is 10.00. The molecular weight excluding hydrogens is 319 g/mol. The zero-order valence-electron chi connectivity index (χ0n) is 12.6. The molecule has 0 radical (unpaired) electrons. The van der Waals surface area contributed by atoms with Crippen LogP contribution in [0.4, 0.5) is 4.39 Å². The second kappa shape index (κ2) is 5.96. The number of fused-ring (bicyclic) bond motifs is 1. The highest BCUT2D eigenvalue weighted by Gasteiger charge is 2.23. The summed E-state index contributed by atoms with van der Waals surface area (Å²) in [5.41, 5.74) is 2.46. The molecule has 5 nitrogen and oxygen atoms in total. The third-order valence-corrected chi connectivity index (χ3v) is 3.77. The molecule has 0 saturated heterocycles. The van der Waals surface area contributed by atoms with Gasteiger partial charge in [0.1, 0.15) is 5.82 Å². The predicted molar refractivity (Wildman–Crippen MR) is 86.1 cm³/mol. The number of carbonyl (C=O) groups is 1. The molecule has 0 aliphatic heterocycles. The molecule has 0 unspecified atom stereocenters. The number of amides is 1. The van der Waals surface area contributed by atoms with Crippen LogP contribution in [0.5, 0.6) is 0 Å². The summed E-state index contributed by atoms with van der Waals surface area (Å²) in [5, 5.41) is 7.04. The molecule has 0 aliphatic rings. The molecule has 23 heavy (non-hydrogen) atoms. The average molecular weight is 333 g/mol. The van der Waals surface area contributed by atoms with Crippen molar-refractivity contribution in [1.82, 2.24) is 19.9 Å². The Morgan fingerprint density at radius 2 is 2.22 bits per heavy atom. The molecule has 3 rings (SSSR count). The van der Waals surface area contributed by atoms with E-state index in [1.54, 1.807) is 25.4 Å². The molecule has 0 bridgehead atoms. The number of benzene rings is 1. The van der Waals surface area contributed by atoms with Crippen LogP contribution in [-0.4, -0.2) is 27.0 Å². The van der Waals surface area contributed by atoms with Crippen LogP contribution in [0.1, 0.15) is 23.0 Å². The van der Waals surface area contributed by atoms with Crippen LogP contribution in [0, 0.1) is 12.7 Å². The van der Waals surface area contributed by atoms with Crippen LogP contribution in [0.2, 0.25) is 5.02 Å². The lowest BCUT2D eigenvalue weighted by molar-refractivity contribution is 0.0951. The van der Waals surface area contributed by atoms with Crippen LogP contribution in [-0.2, 0) is 0 Å². The Morgan fingerprint density at radius 3 is 2.96 bits per heavy atom. The van der Waals surface area contributed by atoms with E-state index in [2.05, 4.69) is 15.4 Å². The third-order valence-electron chi connectivity index (χ3n) is 3.48. The van der Waals surface area contributed by atoms with E-state index in [0.29, 0.717) is 23.3 Å². The number of rotatable bonds is 3. The van der Waals surface area contributed by atoms with Crippen molar-refractivity contribution in [3.05, 3.63) is 52.7 Å². The summed E-state index contributed by atoms with van der Waals surface area (Å²) < 4.78 is 15.5. The fourth-order valence-electron chi connectivity index (χ4n) is 2.45. The van der Waals surface area contributed by atoms with Gasteiger partial charge in [-0.15, -0.1) is 0 Å². The first-order chi connectivity index (χ1) is 11.0. The molecule has 2 heterocycles. The van der Waals surface area contributed by atoms with Gasteiger partial charge in [0.15, 0.2) is 11.3 Å². The van der Waals surface area contributed by atoms with Crippen molar-refractivity contribution in [2.24, 2.45) is 0 Å². The maximum Gasteiger partial charge on any atom is 0.272 e. The first-order valence-electron chi connectivity index (χ1n) is 7.10. The Morgan fingerprint density at radius 1 is 1.43 bits per heavy atom. The normalized spacial score (nSPS) is 11.0. The fraction of sp³-hybridized carbons (Fsp3) is 0.188. The molecule has 3 aromatic rings. The van der Waals surface area contributed by atoms with Gasteiger partial charge in [-0.3, -0.25) is 4.79 Å². The first kappa shape index (κ1) is 15.4. The Kier molecular flexibility index (Phi) is 4.00. The van der Waals surface area contributed by atoms with Crippen LogP contribution >= 0.6 is 11.6 Å². The number of hydrogen-bond acceptors (Lipinski definition) is 3. The smallest absolute Gasteiger partial charge is 0.272 e. The first-order valence-corrected chi connectivity index (χ1v) is 7.48. The zero-order valence-corrected chi connectivity index (χ0v) is 13.4. The van der Waals surface area contributed by atoms with Crippen molar-refractivity contribution < 1.29 is 9.18 Å². The average Bonchev–Trinajstić information content (AvgIpc) is 2.90. The van der Waals surface area contributed by atoms with E-state index in [-0.39, 0.29) is 16.6 Å². The van der Waals surface area contributed by atoms with Crippen LogP contribution < -0.4 is 5.32 Å². The van der Waals surface area contributed by atoms with Crippen molar-refractivity contribution in [3.63, 3.8) is 0 Å². The summed E-state index contributed by atoms with van der Waals surface area (Å²) in [5.74, 6) is -0.882. The fourth-order valence-corrected chi connectivity index (χ4v) is 2.67. The van der Waals surface area contributed by atoms with E-state index in [1.165, 1.54) is 16.6 Å². The molecule has 7 heteroatoms. The zero-order chi connectivity index (χ0) is 16.6. The molecule has 118 valence electrons. The van der Waals surface area contributed by atoms with E-state index >= 15 is 0 Å². The van der Waals surface area contributed by atoms with Crippen LogP contribution in [0.25, 0.3) is 16.8 Å². The Hall–Kier alpha value is -2.47. The minimum Gasteiger partial charge on any atom is -0.351 e. The SMILES string of the molecule is CCNC(=O)c1nn2cccnc2c1-c1cc(F)c(Cl)cc1C. The summed E-state index contributed by atoms with van der Waals surface area (Å²) in [6.07, 6.45) is 3.29. The Balaban J connectivity index is 2.33. The van der Waals surface area contributed by atoms with E-state index in [1.807, 2.05) is 6.92 Å². The Bertz CT molecular complexity index is 906. The minimum absolute atomic E-state index is 0.0373. The topological polar surface area (TPSA) is 59.3 Å². The van der Waals surface area contributed by atoms with E-state index < -0.39 is 5.82 Å². The van der Waals surface area contributed by atoms with Gasteiger partial charge in [0.2, 0.25) is 0 Å². The van der Waals surface area contributed by atoms with Gasteiger partial charge >= 0.3 is 0 Å². The van der Waals surface area contributed by atoms with Crippen molar-refractivity contribution >= 4 is 23.2 Å². The maximum absolute atomic E-state index is 14.0. The molecule has 1 N–H and O–H groups in total. The highest BCUT2D eigenvalue weighted by molar-refractivity contribution is 6.31. The maximum atomic E-state index is 14.0. The molecule has 0 spiro atoms. The molecule has 1 aromatic carbocycles. The highest BCUT2D eigenvalue weighted by Crippen LogP contribution is 2.33. The van der Waals surface area contributed by atoms with Gasteiger partial charge in [0.05, 0.1) is 10.6 Å². The van der Waals surface area contributed by atoms with Gasteiger partial charge in [-0.25, -0.2) is 13.9 Å². The van der Waals surface area contributed by atoms with Crippen LogP contribution in [0.15, 0.2) is 30.6 Å². The number of nitrogens with zero attached hydrogens (tertiary/aromatic N) is 3. The lowest BCUT2D eigenvalue weighted by Gasteiger charge is -2.08. The van der Waals surface area contributed by atoms with Crippen molar-refractivity contribution in [2.75, 3.05) is 6.54 Å². The number of carbonyl (C=O) groups excluding carboxylic acids is 1. The molecule has 0 atom stereocenters. The number of hydrogen-bond donors (Lipinski definition) is 1. The molecule has 1 amide bonds. The van der Waals surface area contributed by atoms with Gasteiger partial charge in [-0.2, -0.15) is 5.10 Å². The second-order valence-electron chi connectivity index (χ2n) is 5.05. The van der Waals surface area contributed by atoms with E-state index in [4.69, 9.17) is 11.6 Å². The van der Waals surface area contributed by atoms with Gasteiger partial charge in [-0.1, -0.05) is 11.6 Å². The summed E-state index contributed by atoms with van der Waals surface area (Å²) in [4.78, 5) is 16.6. The second-order valence-corrected chi connectivity index (χ2v) is 5.46. The van der Waals surface area contributed by atoms with Gasteiger partial charge < -0.3 is 5.32 Å². The third kappa shape index (κ3) is 2.66. The molecule has 0 saturated carbocycles. The van der Waals surface area contributed by atoms with Crippen molar-refractivity contribution in [3.8, 4) is 11.1 Å². The monoisotopic (exact) mass is 332 g/mol. The van der Waals surface area contributed by atoms with E-state index in [0.717, 1.165) is 5.56 Å². The number of aromatic nitrogens is 3. The number of nitrogens with one attached hydrogen (secondary N) is 1. The minimum atomic E-state index is -0.551. The predicted octanol–water partition coefficient (Wildman–Crippen LogP) is 3.25. The van der Waals surface area contributed by atoms with Gasteiger partial charge in [-0.05, 0) is 43.2 Å². The summed E-state index contributed by atoms with van der Waals surface area (Å²) in [7, 11) is 0. The standard InChI is InChI=1S/C16H14ClFN4O/c1-3-19-16(23)14-13(15-20-5-4-6-22(15)21-14)10-8-12(18)11(17)7-9(10)2/h4-8H,3H2,1-2H3,(H,19,23). The lowest BCUT2D eigenvalue weighted by Crippen LogP contribution is -2.23. The van der Waals surface area contributed by atoms with E-state index in [9.17, 15) is 9.18 Å². The molecule has 0 aliphatic carbocycles. The molecule has 2 aromatic heterocycles. The van der Waals surface area contributed by atoms with Gasteiger partial charge in [0, 0.05) is 18.9 Å². The summed E-state index contributed by atoms with van der Waals surface area (Å²) in [6.45, 7) is 4.08. The molecule has 0 fully saturated rings. The van der Waals surface area contributed by atoms with Gasteiger partial charge in [0.25, 0.3) is 5.91 Å². The highest BCUT2D eigenvalue weighted by atomic mass is 35.5. The largest absolute Gasteiger partial charge is 0.351 e. The van der Waals surface area contributed by atoms with Crippen molar-refractivity contribution in [1.29, 1.82) is 0 Å². The van der Waals surface area contributed by atoms with Crippen LogP contribution in [0.3, 0.4) is 0 Å². The number of halogens is 2.